The normalized spacial score (nSPS) is 14.8. The Kier molecular flexibility index (Phi) is 5.18. The predicted octanol–water partition coefficient (Wildman–Crippen LogP) is 4.05. The standard InChI is InChI=1S/C24H23N3O4/c1-29-22-5-3-2-4-20(22)17-6-7-21-18(14-17)15-19(30-21)16-26-10-12-27(13-11-26)24(28)23-8-9-25-31-23/h2-9,14-15H,10-13,16H2,1H3. The number of hydrogen-bond acceptors (Lipinski definition) is 6. The summed E-state index contributed by atoms with van der Waals surface area (Å²) in [7, 11) is 1.69. The number of aromatic nitrogens is 1. The molecule has 0 aliphatic carbocycles. The largest absolute Gasteiger partial charge is 0.496 e. The Bertz CT molecular complexity index is 1190. The summed E-state index contributed by atoms with van der Waals surface area (Å²) in [5, 5.41) is 4.68. The number of fused-ring (bicyclic) bond motifs is 1. The van der Waals surface area contributed by atoms with E-state index in [0.29, 0.717) is 19.6 Å². The summed E-state index contributed by atoms with van der Waals surface area (Å²) >= 11 is 0. The number of rotatable bonds is 5. The number of hydrogen-bond donors (Lipinski definition) is 0. The predicted molar refractivity (Wildman–Crippen MR) is 116 cm³/mol. The molecule has 31 heavy (non-hydrogen) atoms. The highest BCUT2D eigenvalue weighted by atomic mass is 16.5. The second kappa shape index (κ2) is 8.28. The van der Waals surface area contributed by atoms with Crippen LogP contribution in [0.15, 0.2) is 69.7 Å². The number of amides is 1. The number of carbonyl (C=O) groups excluding carboxylic acids is 1. The molecule has 1 amide bonds. The Balaban J connectivity index is 1.27. The minimum absolute atomic E-state index is 0.107. The Labute approximate surface area is 179 Å². The van der Waals surface area contributed by atoms with E-state index in [1.54, 1.807) is 18.1 Å². The highest BCUT2D eigenvalue weighted by Gasteiger charge is 2.24. The third kappa shape index (κ3) is 3.92. The van der Waals surface area contributed by atoms with Crippen LogP contribution in [0.3, 0.4) is 0 Å². The molecule has 0 radical (unpaired) electrons. The Morgan fingerprint density at radius 3 is 2.68 bits per heavy atom. The fourth-order valence-electron chi connectivity index (χ4n) is 4.04. The summed E-state index contributed by atoms with van der Waals surface area (Å²) in [6.07, 6.45) is 1.49. The molecule has 0 N–H and O–H groups in total. The molecule has 1 aliphatic rings. The Morgan fingerprint density at radius 1 is 1.06 bits per heavy atom. The van der Waals surface area contributed by atoms with Gasteiger partial charge in [-0.3, -0.25) is 9.69 Å². The molecular formula is C24H23N3O4. The fourth-order valence-corrected chi connectivity index (χ4v) is 4.04. The van der Waals surface area contributed by atoms with E-state index >= 15 is 0 Å². The molecule has 2 aromatic carbocycles. The van der Waals surface area contributed by atoms with E-state index in [1.165, 1.54) is 6.20 Å². The number of ether oxygens (including phenoxy) is 1. The minimum Gasteiger partial charge on any atom is -0.496 e. The van der Waals surface area contributed by atoms with Crippen LogP contribution in [0.4, 0.5) is 0 Å². The zero-order valence-electron chi connectivity index (χ0n) is 17.3. The molecule has 7 heteroatoms. The van der Waals surface area contributed by atoms with Crippen molar-refractivity contribution in [2.75, 3.05) is 33.3 Å². The topological polar surface area (TPSA) is 72.0 Å². The summed E-state index contributed by atoms with van der Waals surface area (Å²) in [5.74, 6) is 1.95. The van der Waals surface area contributed by atoms with Crippen LogP contribution in [0.5, 0.6) is 5.75 Å². The van der Waals surface area contributed by atoms with Gasteiger partial charge in [0.15, 0.2) is 0 Å². The van der Waals surface area contributed by atoms with Gasteiger partial charge in [-0.2, -0.15) is 0 Å². The minimum atomic E-state index is -0.107. The Morgan fingerprint density at radius 2 is 1.90 bits per heavy atom. The van der Waals surface area contributed by atoms with Gasteiger partial charge in [-0.15, -0.1) is 0 Å². The van der Waals surface area contributed by atoms with Gasteiger partial charge in [-0.05, 0) is 29.8 Å². The lowest BCUT2D eigenvalue weighted by Crippen LogP contribution is -2.48. The summed E-state index contributed by atoms with van der Waals surface area (Å²) in [4.78, 5) is 16.5. The van der Waals surface area contributed by atoms with Crippen LogP contribution < -0.4 is 4.74 Å². The van der Waals surface area contributed by atoms with Crippen molar-refractivity contribution >= 4 is 16.9 Å². The molecule has 1 aliphatic heterocycles. The molecule has 4 aromatic rings. The van der Waals surface area contributed by atoms with Gasteiger partial charge >= 0.3 is 0 Å². The zero-order chi connectivity index (χ0) is 21.2. The van der Waals surface area contributed by atoms with E-state index in [0.717, 1.165) is 46.7 Å². The first-order chi connectivity index (χ1) is 15.2. The second-order valence-corrected chi connectivity index (χ2v) is 7.61. The molecule has 5 rings (SSSR count). The van der Waals surface area contributed by atoms with Crippen LogP contribution in [-0.4, -0.2) is 54.2 Å². The van der Waals surface area contributed by atoms with Gasteiger partial charge in [0, 0.05) is 43.2 Å². The van der Waals surface area contributed by atoms with E-state index in [4.69, 9.17) is 13.7 Å². The van der Waals surface area contributed by atoms with Gasteiger partial charge < -0.3 is 18.6 Å². The maximum atomic E-state index is 12.4. The van der Waals surface area contributed by atoms with E-state index in [9.17, 15) is 4.79 Å². The third-order valence-electron chi connectivity index (χ3n) is 5.67. The lowest BCUT2D eigenvalue weighted by Gasteiger charge is -2.33. The molecule has 1 saturated heterocycles. The van der Waals surface area contributed by atoms with Gasteiger partial charge in [-0.25, -0.2) is 0 Å². The van der Waals surface area contributed by atoms with Crippen LogP contribution in [-0.2, 0) is 6.54 Å². The molecule has 0 atom stereocenters. The number of nitrogens with zero attached hydrogens (tertiary/aromatic N) is 3. The molecule has 1 fully saturated rings. The number of carbonyl (C=O) groups is 1. The quantitative estimate of drug-likeness (QED) is 0.488. The fraction of sp³-hybridized carbons (Fsp3) is 0.250. The second-order valence-electron chi connectivity index (χ2n) is 7.61. The average molecular weight is 417 g/mol. The van der Waals surface area contributed by atoms with E-state index in [2.05, 4.69) is 34.3 Å². The number of furan rings is 1. The van der Waals surface area contributed by atoms with Crippen LogP contribution in [0, 0.1) is 0 Å². The molecule has 2 aromatic heterocycles. The molecular weight excluding hydrogens is 394 g/mol. The monoisotopic (exact) mass is 417 g/mol. The molecule has 0 saturated carbocycles. The molecule has 7 nitrogen and oxygen atoms in total. The number of piperazine rings is 1. The number of benzene rings is 2. The van der Waals surface area contributed by atoms with Crippen molar-refractivity contribution in [1.82, 2.24) is 15.0 Å². The van der Waals surface area contributed by atoms with Gasteiger partial charge in [0.2, 0.25) is 5.76 Å². The first kappa shape index (κ1) is 19.4. The van der Waals surface area contributed by atoms with Crippen molar-refractivity contribution in [1.29, 1.82) is 0 Å². The Hall–Kier alpha value is -3.58. The average Bonchev–Trinajstić information content (AvgIpc) is 3.48. The molecule has 158 valence electrons. The molecule has 0 unspecified atom stereocenters. The highest BCUT2D eigenvalue weighted by molar-refractivity contribution is 5.91. The van der Waals surface area contributed by atoms with Crippen LogP contribution >= 0.6 is 0 Å². The number of methoxy groups -OCH3 is 1. The molecule has 3 heterocycles. The van der Waals surface area contributed by atoms with E-state index < -0.39 is 0 Å². The maximum absolute atomic E-state index is 12.4. The van der Waals surface area contributed by atoms with Crippen molar-refractivity contribution in [2.24, 2.45) is 0 Å². The maximum Gasteiger partial charge on any atom is 0.292 e. The number of para-hydroxylation sites is 1. The van der Waals surface area contributed by atoms with Gasteiger partial charge in [0.25, 0.3) is 5.91 Å². The van der Waals surface area contributed by atoms with E-state index in [-0.39, 0.29) is 11.7 Å². The van der Waals surface area contributed by atoms with Crippen molar-refractivity contribution < 1.29 is 18.5 Å². The molecule has 0 spiro atoms. The van der Waals surface area contributed by atoms with Gasteiger partial charge in [-0.1, -0.05) is 29.4 Å². The van der Waals surface area contributed by atoms with Gasteiger partial charge in [0.05, 0.1) is 19.9 Å². The zero-order valence-corrected chi connectivity index (χ0v) is 17.3. The lowest BCUT2D eigenvalue weighted by atomic mass is 10.0. The van der Waals surface area contributed by atoms with Crippen molar-refractivity contribution in [3.8, 4) is 16.9 Å². The first-order valence-corrected chi connectivity index (χ1v) is 10.3. The molecule has 0 bridgehead atoms. The van der Waals surface area contributed by atoms with E-state index in [1.807, 2.05) is 24.3 Å². The summed E-state index contributed by atoms with van der Waals surface area (Å²) < 4.78 is 16.6. The smallest absolute Gasteiger partial charge is 0.292 e. The van der Waals surface area contributed by atoms with Crippen LogP contribution in [0.1, 0.15) is 16.3 Å². The highest BCUT2D eigenvalue weighted by Crippen LogP contribution is 2.32. The van der Waals surface area contributed by atoms with Crippen LogP contribution in [0.2, 0.25) is 0 Å². The van der Waals surface area contributed by atoms with Crippen molar-refractivity contribution in [3.63, 3.8) is 0 Å². The summed E-state index contributed by atoms with van der Waals surface area (Å²) in [5.41, 5.74) is 3.02. The van der Waals surface area contributed by atoms with Gasteiger partial charge in [0.1, 0.15) is 17.1 Å². The lowest BCUT2D eigenvalue weighted by molar-refractivity contribution is 0.0581. The summed E-state index contributed by atoms with van der Waals surface area (Å²) in [6.45, 7) is 3.57. The van der Waals surface area contributed by atoms with Crippen LogP contribution in [0.25, 0.3) is 22.1 Å². The van der Waals surface area contributed by atoms with Crippen molar-refractivity contribution in [3.05, 3.63) is 72.3 Å². The third-order valence-corrected chi connectivity index (χ3v) is 5.67. The van der Waals surface area contributed by atoms with Crippen molar-refractivity contribution in [2.45, 2.75) is 6.54 Å². The first-order valence-electron chi connectivity index (χ1n) is 10.3. The SMILES string of the molecule is COc1ccccc1-c1ccc2oc(CN3CCN(C(=O)c4ccno4)CC3)cc2c1. The summed E-state index contributed by atoms with van der Waals surface area (Å²) in [6, 6.07) is 17.9.